The minimum absolute atomic E-state index is 0.00892. The van der Waals surface area contributed by atoms with Gasteiger partial charge in [-0.2, -0.15) is 18.3 Å². The van der Waals surface area contributed by atoms with E-state index >= 15 is 0 Å². The van der Waals surface area contributed by atoms with Crippen LogP contribution < -0.4 is 5.32 Å². The molecule has 1 fully saturated rings. The molecule has 0 saturated heterocycles. The van der Waals surface area contributed by atoms with Crippen molar-refractivity contribution in [2.75, 3.05) is 5.32 Å². The Balaban J connectivity index is 1.71. The first-order valence-electron chi connectivity index (χ1n) is 9.54. The first-order valence-corrected chi connectivity index (χ1v) is 9.54. The van der Waals surface area contributed by atoms with Crippen molar-refractivity contribution in [2.24, 2.45) is 0 Å². The molecule has 0 aromatic carbocycles. The summed E-state index contributed by atoms with van der Waals surface area (Å²) in [5.41, 5.74) is -1.48. The van der Waals surface area contributed by atoms with E-state index in [1.54, 1.807) is 12.3 Å². The number of allylic oxidation sites excluding steroid dienone is 1. The van der Waals surface area contributed by atoms with E-state index in [-0.39, 0.29) is 23.3 Å². The predicted molar refractivity (Wildman–Crippen MR) is 105 cm³/mol. The summed E-state index contributed by atoms with van der Waals surface area (Å²) in [6.07, 6.45) is 0.194. The number of aromatic amines is 1. The summed E-state index contributed by atoms with van der Waals surface area (Å²) < 4.78 is 54.0. The van der Waals surface area contributed by atoms with Gasteiger partial charge in [0.1, 0.15) is 28.7 Å². The minimum Gasteiger partial charge on any atom is -0.367 e. The molecule has 3 heterocycles. The lowest BCUT2D eigenvalue weighted by Gasteiger charge is -2.32. The van der Waals surface area contributed by atoms with Crippen molar-refractivity contribution in [2.45, 2.75) is 50.5 Å². The molecule has 10 heteroatoms. The Morgan fingerprint density at radius 1 is 1.27 bits per heavy atom. The Kier molecular flexibility index (Phi) is 4.95. The number of nitrogens with one attached hydrogen (secondary N) is 2. The van der Waals surface area contributed by atoms with Gasteiger partial charge in [0.15, 0.2) is 0 Å². The quantitative estimate of drug-likeness (QED) is 0.459. The zero-order valence-corrected chi connectivity index (χ0v) is 16.2. The molecular formula is C20H20F4N6. The van der Waals surface area contributed by atoms with Gasteiger partial charge in [0.05, 0.1) is 16.6 Å². The van der Waals surface area contributed by atoms with Crippen molar-refractivity contribution in [3.05, 3.63) is 42.5 Å². The van der Waals surface area contributed by atoms with Gasteiger partial charge >= 0.3 is 6.18 Å². The van der Waals surface area contributed by atoms with E-state index in [1.807, 2.05) is 0 Å². The van der Waals surface area contributed by atoms with E-state index < -0.39 is 17.5 Å². The molecular weight excluding hydrogens is 400 g/mol. The molecule has 158 valence electrons. The molecule has 1 saturated carbocycles. The fourth-order valence-electron chi connectivity index (χ4n) is 3.74. The van der Waals surface area contributed by atoms with Crippen LogP contribution in [0, 0.1) is 6.92 Å². The average molecular weight is 420 g/mol. The largest absolute Gasteiger partial charge is 0.433 e. The number of alkyl halides is 4. The van der Waals surface area contributed by atoms with Crippen LogP contribution in [0.5, 0.6) is 0 Å². The Morgan fingerprint density at radius 3 is 2.67 bits per heavy atom. The van der Waals surface area contributed by atoms with Crippen molar-refractivity contribution in [1.82, 2.24) is 25.1 Å². The van der Waals surface area contributed by atoms with Crippen molar-refractivity contribution >= 4 is 16.7 Å². The first-order chi connectivity index (χ1) is 14.2. The molecule has 6 nitrogen and oxygen atoms in total. The molecule has 4 rings (SSSR count). The molecule has 0 unspecified atom stereocenters. The van der Waals surface area contributed by atoms with E-state index in [4.69, 9.17) is 0 Å². The Bertz CT molecular complexity index is 1080. The van der Waals surface area contributed by atoms with Crippen LogP contribution in [-0.2, 0) is 6.18 Å². The van der Waals surface area contributed by atoms with Crippen LogP contribution in [-0.4, -0.2) is 36.9 Å². The summed E-state index contributed by atoms with van der Waals surface area (Å²) in [6, 6.07) is 2.54. The highest BCUT2D eigenvalue weighted by molar-refractivity contribution is 5.99. The third kappa shape index (κ3) is 3.86. The molecule has 0 amide bonds. The molecule has 0 radical (unpaired) electrons. The monoisotopic (exact) mass is 420 g/mol. The van der Waals surface area contributed by atoms with Crippen LogP contribution in [0.2, 0.25) is 0 Å². The smallest absolute Gasteiger partial charge is 0.367 e. The number of hydrogen-bond donors (Lipinski definition) is 2. The second-order valence-corrected chi connectivity index (χ2v) is 7.50. The predicted octanol–water partition coefficient (Wildman–Crippen LogP) is 4.99. The zero-order valence-electron chi connectivity index (χ0n) is 16.2. The van der Waals surface area contributed by atoms with Gasteiger partial charge in [0.25, 0.3) is 0 Å². The summed E-state index contributed by atoms with van der Waals surface area (Å²) >= 11 is 0. The third-order valence-corrected chi connectivity index (χ3v) is 5.37. The van der Waals surface area contributed by atoms with E-state index in [0.717, 1.165) is 6.07 Å². The van der Waals surface area contributed by atoms with Gasteiger partial charge in [-0.25, -0.2) is 19.3 Å². The number of nitrogens with zero attached hydrogens (tertiary/aromatic N) is 4. The second-order valence-electron chi connectivity index (χ2n) is 7.50. The first kappa shape index (κ1) is 20.2. The van der Waals surface area contributed by atoms with Gasteiger partial charge in [-0.15, -0.1) is 0 Å². The number of pyridine rings is 1. The van der Waals surface area contributed by atoms with Crippen LogP contribution in [0.3, 0.4) is 0 Å². The molecule has 0 bridgehead atoms. The lowest BCUT2D eigenvalue weighted by atomic mass is 9.83. The second kappa shape index (κ2) is 7.33. The Labute approximate surface area is 169 Å². The number of anilines is 1. The van der Waals surface area contributed by atoms with E-state index in [0.29, 0.717) is 42.4 Å². The molecule has 0 spiro atoms. The van der Waals surface area contributed by atoms with Crippen molar-refractivity contribution < 1.29 is 17.6 Å². The number of fused-ring (bicyclic) bond motifs is 1. The molecule has 0 aliphatic heterocycles. The summed E-state index contributed by atoms with van der Waals surface area (Å²) in [5, 5.41) is 10.8. The Hall–Kier alpha value is -3.04. The number of rotatable bonds is 4. The average Bonchev–Trinajstić information content (AvgIpc) is 3.14. The molecule has 1 aliphatic carbocycles. The number of aromatic nitrogens is 5. The third-order valence-electron chi connectivity index (χ3n) is 5.37. The highest BCUT2D eigenvalue weighted by Gasteiger charge is 2.35. The topological polar surface area (TPSA) is 79.4 Å². The molecule has 0 atom stereocenters. The van der Waals surface area contributed by atoms with Gasteiger partial charge in [0.2, 0.25) is 0 Å². The normalized spacial score (nSPS) is 22.2. The Morgan fingerprint density at radius 2 is 2.00 bits per heavy atom. The van der Waals surface area contributed by atoms with Gasteiger partial charge in [-0.1, -0.05) is 12.7 Å². The highest BCUT2D eigenvalue weighted by atomic mass is 19.4. The maximum absolute atomic E-state index is 14.4. The van der Waals surface area contributed by atoms with Crippen LogP contribution in [0.25, 0.3) is 22.3 Å². The zero-order chi connectivity index (χ0) is 21.5. The maximum atomic E-state index is 14.4. The summed E-state index contributed by atoms with van der Waals surface area (Å²) in [5.74, 6) is 0.460. The van der Waals surface area contributed by atoms with Gasteiger partial charge in [0, 0.05) is 12.2 Å². The van der Waals surface area contributed by atoms with E-state index in [2.05, 4.69) is 37.0 Å². The minimum atomic E-state index is -4.60. The number of H-pyrrole nitrogens is 1. The van der Waals surface area contributed by atoms with Gasteiger partial charge in [-0.3, -0.25) is 5.10 Å². The summed E-state index contributed by atoms with van der Waals surface area (Å²) in [7, 11) is 0. The van der Waals surface area contributed by atoms with E-state index in [1.165, 1.54) is 13.0 Å². The van der Waals surface area contributed by atoms with Crippen molar-refractivity contribution in [3.63, 3.8) is 0 Å². The van der Waals surface area contributed by atoms with Crippen molar-refractivity contribution in [1.29, 1.82) is 0 Å². The molecule has 2 N–H and O–H groups in total. The van der Waals surface area contributed by atoms with E-state index in [9.17, 15) is 17.6 Å². The van der Waals surface area contributed by atoms with Crippen LogP contribution in [0.4, 0.5) is 23.4 Å². The molecule has 1 aliphatic rings. The summed E-state index contributed by atoms with van der Waals surface area (Å²) in [4.78, 5) is 12.0. The van der Waals surface area contributed by atoms with Crippen molar-refractivity contribution in [3.8, 4) is 11.4 Å². The van der Waals surface area contributed by atoms with Gasteiger partial charge < -0.3 is 5.32 Å². The van der Waals surface area contributed by atoms with Crippen LogP contribution in [0.15, 0.2) is 31.0 Å². The number of aryl methyl sites for hydroxylation is 1. The standard InChI is InChI=1S/C20H20F4N6/c1-3-19(21)7-4-12(5-8-19)28-18-16-13(6-9-25-18)29-30-17(16)14-10-15(20(22,23)24)27-11(2)26-14/h3,6,9-10,12H,1,4-5,7-8H2,2H3,(H,25,28)(H,29,30). The maximum Gasteiger partial charge on any atom is 0.433 e. The SMILES string of the molecule is C=CC1(F)CCC(Nc2nccc3[nH]nc(-c4cc(C(F)(F)F)nc(C)n4)c23)CC1. The highest BCUT2D eigenvalue weighted by Crippen LogP contribution is 2.37. The lowest BCUT2D eigenvalue weighted by Crippen LogP contribution is -2.33. The van der Waals surface area contributed by atoms with Crippen LogP contribution in [0.1, 0.15) is 37.2 Å². The molecule has 3 aromatic rings. The lowest BCUT2D eigenvalue weighted by molar-refractivity contribution is -0.141. The fourth-order valence-corrected chi connectivity index (χ4v) is 3.74. The molecule has 3 aromatic heterocycles. The fraction of sp³-hybridized carbons (Fsp3) is 0.400. The number of hydrogen-bond acceptors (Lipinski definition) is 5. The van der Waals surface area contributed by atoms with Gasteiger partial charge in [-0.05, 0) is 44.7 Å². The molecule has 30 heavy (non-hydrogen) atoms. The van der Waals surface area contributed by atoms with Crippen LogP contribution >= 0.6 is 0 Å². The number of halogens is 4. The summed E-state index contributed by atoms with van der Waals surface area (Å²) in [6.45, 7) is 4.96.